The number of halogens is 1. The Balaban J connectivity index is 0.00000450. The number of aliphatic imine (C=N–C) groups is 1. The summed E-state index contributed by atoms with van der Waals surface area (Å²) < 4.78 is 10.8. The predicted molar refractivity (Wildman–Crippen MR) is 133 cm³/mol. The van der Waals surface area contributed by atoms with Gasteiger partial charge in [-0.05, 0) is 45.1 Å². The molecule has 0 bridgehead atoms. The Hall–Kier alpha value is -1.81. The van der Waals surface area contributed by atoms with Crippen LogP contribution in [0.2, 0.25) is 0 Å². The van der Waals surface area contributed by atoms with Crippen LogP contribution in [-0.4, -0.2) is 50.3 Å². The number of hydrogen-bond donors (Lipinski definition) is 2. The molecule has 8 heteroatoms. The van der Waals surface area contributed by atoms with Gasteiger partial charge in [-0.1, -0.05) is 31.1 Å². The van der Waals surface area contributed by atoms with E-state index in [1.165, 1.54) is 5.56 Å². The number of nitrogens with one attached hydrogen (secondary N) is 2. The first-order chi connectivity index (χ1) is 14.0. The Morgan fingerprint density at radius 1 is 1.20 bits per heavy atom. The molecule has 1 atom stereocenters. The molecule has 0 aliphatic heterocycles. The van der Waals surface area contributed by atoms with Gasteiger partial charge in [0.1, 0.15) is 11.5 Å². The second kappa shape index (κ2) is 13.5. The van der Waals surface area contributed by atoms with Crippen molar-refractivity contribution < 1.29 is 9.26 Å². The fourth-order valence-electron chi connectivity index (χ4n) is 3.26. The molecule has 0 amide bonds. The summed E-state index contributed by atoms with van der Waals surface area (Å²) in [7, 11) is 5.85. The van der Waals surface area contributed by atoms with Crippen molar-refractivity contribution in [1.29, 1.82) is 0 Å². The lowest BCUT2D eigenvalue weighted by Gasteiger charge is -2.26. The van der Waals surface area contributed by atoms with E-state index in [9.17, 15) is 0 Å². The summed E-state index contributed by atoms with van der Waals surface area (Å²) in [5.41, 5.74) is 3.28. The maximum absolute atomic E-state index is 5.46. The van der Waals surface area contributed by atoms with Gasteiger partial charge in [-0.3, -0.25) is 0 Å². The summed E-state index contributed by atoms with van der Waals surface area (Å²) in [6.45, 7) is 8.30. The summed E-state index contributed by atoms with van der Waals surface area (Å²) in [4.78, 5) is 6.97. The number of hydrogen-bond acceptors (Lipinski definition) is 5. The van der Waals surface area contributed by atoms with Gasteiger partial charge in [-0.15, -0.1) is 24.0 Å². The first kappa shape index (κ1) is 26.2. The SMILES string of the molecule is CCNC(=NCc1c(CC)noc1CC)NCC(c1cccc(OC)c1)N(C)C.I. The van der Waals surface area contributed by atoms with Gasteiger partial charge in [0.25, 0.3) is 0 Å². The molecule has 0 saturated heterocycles. The minimum Gasteiger partial charge on any atom is -0.497 e. The second-order valence-corrected chi connectivity index (χ2v) is 7.07. The van der Waals surface area contributed by atoms with Gasteiger partial charge < -0.3 is 24.8 Å². The Labute approximate surface area is 197 Å². The number of aryl methyl sites for hydroxylation is 2. The largest absolute Gasteiger partial charge is 0.497 e. The van der Waals surface area contributed by atoms with Gasteiger partial charge in [0.15, 0.2) is 5.96 Å². The highest BCUT2D eigenvalue weighted by atomic mass is 127. The van der Waals surface area contributed by atoms with Gasteiger partial charge in [-0.2, -0.15) is 0 Å². The Morgan fingerprint density at radius 3 is 2.57 bits per heavy atom. The lowest BCUT2D eigenvalue weighted by Crippen LogP contribution is -2.41. The van der Waals surface area contributed by atoms with Gasteiger partial charge in [-0.25, -0.2) is 4.99 Å². The molecule has 0 spiro atoms. The highest BCUT2D eigenvalue weighted by molar-refractivity contribution is 14.0. The molecule has 2 aromatic rings. The number of ether oxygens (including phenoxy) is 1. The van der Waals surface area contributed by atoms with Crippen LogP contribution in [0, 0.1) is 0 Å². The molecule has 0 radical (unpaired) electrons. The molecule has 2 rings (SSSR count). The second-order valence-electron chi connectivity index (χ2n) is 7.07. The molecule has 1 aromatic carbocycles. The molecule has 0 fully saturated rings. The zero-order valence-corrected chi connectivity index (χ0v) is 21.3. The van der Waals surface area contributed by atoms with Crippen LogP contribution in [0.4, 0.5) is 0 Å². The van der Waals surface area contributed by atoms with Gasteiger partial charge in [0.05, 0.1) is 25.4 Å². The number of methoxy groups -OCH3 is 1. The van der Waals surface area contributed by atoms with Crippen LogP contribution in [0.5, 0.6) is 5.75 Å². The van der Waals surface area contributed by atoms with E-state index in [0.717, 1.165) is 54.7 Å². The monoisotopic (exact) mass is 529 g/mol. The summed E-state index contributed by atoms with van der Waals surface area (Å²) >= 11 is 0. The fourth-order valence-corrected chi connectivity index (χ4v) is 3.26. The Kier molecular flexibility index (Phi) is 11.8. The van der Waals surface area contributed by atoms with Crippen LogP contribution in [-0.2, 0) is 19.4 Å². The molecule has 1 heterocycles. The predicted octanol–water partition coefficient (Wildman–Crippen LogP) is 3.78. The number of guanidine groups is 1. The average molecular weight is 529 g/mol. The standard InChI is InChI=1S/C22H35N5O2.HI/c1-7-19-18(21(8-2)29-26-19)14-24-22(23-9-3)25-15-20(27(4)5)16-11-10-12-17(13-16)28-6;/h10-13,20H,7-9,14-15H2,1-6H3,(H2,23,24,25);1H. The maximum Gasteiger partial charge on any atom is 0.191 e. The molecule has 0 aliphatic carbocycles. The summed E-state index contributed by atoms with van der Waals surface area (Å²) in [5.74, 6) is 2.57. The van der Waals surface area contributed by atoms with E-state index >= 15 is 0 Å². The first-order valence-electron chi connectivity index (χ1n) is 10.3. The minimum absolute atomic E-state index is 0. The molecule has 7 nitrogen and oxygen atoms in total. The Bertz CT molecular complexity index is 770. The van der Waals surface area contributed by atoms with Crippen LogP contribution in [0.3, 0.4) is 0 Å². The van der Waals surface area contributed by atoms with Crippen LogP contribution in [0.25, 0.3) is 0 Å². The van der Waals surface area contributed by atoms with Crippen molar-refractivity contribution >= 4 is 29.9 Å². The third-order valence-electron chi connectivity index (χ3n) is 4.91. The van der Waals surface area contributed by atoms with E-state index in [0.29, 0.717) is 6.54 Å². The van der Waals surface area contributed by atoms with E-state index < -0.39 is 0 Å². The van der Waals surface area contributed by atoms with E-state index in [1.807, 2.05) is 12.1 Å². The summed E-state index contributed by atoms with van der Waals surface area (Å²) in [6, 6.07) is 8.37. The van der Waals surface area contributed by atoms with Crippen molar-refractivity contribution in [3.8, 4) is 5.75 Å². The molecule has 168 valence electrons. The number of benzene rings is 1. The number of nitrogens with zero attached hydrogens (tertiary/aromatic N) is 3. The topological polar surface area (TPSA) is 74.9 Å². The van der Waals surface area contributed by atoms with Crippen LogP contribution >= 0.6 is 24.0 Å². The number of aromatic nitrogens is 1. The molecule has 2 N–H and O–H groups in total. The summed E-state index contributed by atoms with van der Waals surface area (Å²) in [6.07, 6.45) is 1.66. The van der Waals surface area contributed by atoms with E-state index in [2.05, 4.69) is 67.7 Å². The van der Waals surface area contributed by atoms with Crippen molar-refractivity contribution in [3.05, 3.63) is 46.8 Å². The van der Waals surface area contributed by atoms with E-state index in [4.69, 9.17) is 14.3 Å². The third kappa shape index (κ3) is 7.16. The average Bonchev–Trinajstić information content (AvgIpc) is 3.13. The van der Waals surface area contributed by atoms with Crippen molar-refractivity contribution in [2.75, 3.05) is 34.3 Å². The highest BCUT2D eigenvalue weighted by Crippen LogP contribution is 2.22. The molecule has 0 saturated carbocycles. The van der Waals surface area contributed by atoms with Crippen molar-refractivity contribution in [2.24, 2.45) is 4.99 Å². The van der Waals surface area contributed by atoms with Crippen molar-refractivity contribution in [3.63, 3.8) is 0 Å². The molecular formula is C22H36IN5O2. The van der Waals surface area contributed by atoms with Crippen molar-refractivity contribution in [2.45, 2.75) is 46.2 Å². The maximum atomic E-state index is 5.46. The van der Waals surface area contributed by atoms with Crippen LogP contribution in [0.15, 0.2) is 33.8 Å². The normalized spacial score (nSPS) is 12.4. The molecule has 1 unspecified atom stereocenters. The molecule has 0 aliphatic rings. The zero-order chi connectivity index (χ0) is 21.2. The van der Waals surface area contributed by atoms with E-state index in [-0.39, 0.29) is 30.0 Å². The minimum atomic E-state index is 0. The zero-order valence-electron chi connectivity index (χ0n) is 19.0. The molecular weight excluding hydrogens is 493 g/mol. The van der Waals surface area contributed by atoms with Crippen molar-refractivity contribution in [1.82, 2.24) is 20.7 Å². The quantitative estimate of drug-likeness (QED) is 0.277. The van der Waals surface area contributed by atoms with Gasteiger partial charge in [0, 0.05) is 25.1 Å². The fraction of sp³-hybridized carbons (Fsp3) is 0.545. The third-order valence-corrected chi connectivity index (χ3v) is 4.91. The highest BCUT2D eigenvalue weighted by Gasteiger charge is 2.16. The van der Waals surface area contributed by atoms with Gasteiger partial charge in [0.2, 0.25) is 0 Å². The lowest BCUT2D eigenvalue weighted by molar-refractivity contribution is 0.297. The van der Waals surface area contributed by atoms with Gasteiger partial charge >= 0.3 is 0 Å². The van der Waals surface area contributed by atoms with Crippen LogP contribution < -0.4 is 15.4 Å². The number of likely N-dealkylation sites (N-methyl/N-ethyl adjacent to an activating group) is 1. The lowest BCUT2D eigenvalue weighted by atomic mass is 10.1. The molecule has 30 heavy (non-hydrogen) atoms. The Morgan fingerprint density at radius 2 is 1.97 bits per heavy atom. The smallest absolute Gasteiger partial charge is 0.191 e. The number of rotatable bonds is 10. The molecule has 1 aromatic heterocycles. The first-order valence-corrected chi connectivity index (χ1v) is 10.3. The van der Waals surface area contributed by atoms with E-state index in [1.54, 1.807) is 7.11 Å². The van der Waals surface area contributed by atoms with Crippen LogP contribution in [0.1, 0.15) is 49.4 Å². The summed E-state index contributed by atoms with van der Waals surface area (Å²) in [5, 5.41) is 11.0.